The highest BCUT2D eigenvalue weighted by Crippen LogP contribution is 2.15. The van der Waals surface area contributed by atoms with Crippen LogP contribution in [0.15, 0.2) is 30.3 Å². The van der Waals surface area contributed by atoms with Gasteiger partial charge in [-0.05, 0) is 12.1 Å². The predicted molar refractivity (Wildman–Crippen MR) is 62.2 cm³/mol. The summed E-state index contributed by atoms with van der Waals surface area (Å²) in [6.45, 7) is 0. The van der Waals surface area contributed by atoms with Gasteiger partial charge in [-0.3, -0.25) is 4.89 Å². The topological polar surface area (TPSA) is 46.5 Å². The molecule has 1 aliphatic carbocycles. The average Bonchev–Trinajstić information content (AvgIpc) is 2.41. The minimum atomic E-state index is -0.736. The molecule has 0 aromatic heterocycles. The van der Waals surface area contributed by atoms with Crippen molar-refractivity contribution >= 4 is 5.97 Å². The molecule has 0 amide bonds. The number of hydrogen-bond acceptors (Lipinski definition) is 3. The largest absolute Gasteiger partial charge is 0.372 e. The molecule has 16 heavy (non-hydrogen) atoms. The number of hydrogen-bond donors (Lipinski definition) is 1. The van der Waals surface area contributed by atoms with Crippen molar-refractivity contribution < 1.29 is 14.9 Å². The minimum absolute atomic E-state index is 0.338. The molecule has 0 saturated heterocycles. The van der Waals surface area contributed by atoms with E-state index in [0.29, 0.717) is 5.56 Å². The summed E-state index contributed by atoms with van der Waals surface area (Å²) in [7, 11) is 0. The average molecular weight is 222 g/mol. The molecule has 0 spiro atoms. The van der Waals surface area contributed by atoms with Gasteiger partial charge in [0, 0.05) is 0 Å². The first kappa shape index (κ1) is 12.7. The van der Waals surface area contributed by atoms with Crippen LogP contribution in [-0.2, 0) is 4.89 Å². The summed E-state index contributed by atoms with van der Waals surface area (Å²) in [4.78, 5) is 14.0. The van der Waals surface area contributed by atoms with Crippen molar-refractivity contribution in [2.75, 3.05) is 0 Å². The van der Waals surface area contributed by atoms with Gasteiger partial charge in [-0.15, -0.1) is 0 Å². The zero-order valence-corrected chi connectivity index (χ0v) is 9.39. The lowest BCUT2D eigenvalue weighted by atomic mass is 10.0. The van der Waals surface area contributed by atoms with Crippen LogP contribution in [0.3, 0.4) is 0 Å². The van der Waals surface area contributed by atoms with E-state index >= 15 is 0 Å². The maximum atomic E-state index is 10.5. The van der Waals surface area contributed by atoms with Crippen LogP contribution in [0.4, 0.5) is 0 Å². The van der Waals surface area contributed by atoms with Crippen molar-refractivity contribution in [2.24, 2.45) is 0 Å². The Labute approximate surface area is 96.0 Å². The van der Waals surface area contributed by atoms with Crippen molar-refractivity contribution in [1.29, 1.82) is 0 Å². The van der Waals surface area contributed by atoms with E-state index in [1.165, 1.54) is 38.5 Å². The van der Waals surface area contributed by atoms with Crippen LogP contribution in [0.1, 0.15) is 48.9 Å². The Morgan fingerprint density at radius 3 is 1.75 bits per heavy atom. The van der Waals surface area contributed by atoms with E-state index in [9.17, 15) is 4.79 Å². The Bertz CT molecular complexity index is 280. The summed E-state index contributed by atoms with van der Waals surface area (Å²) in [5.41, 5.74) is 0.338. The molecule has 1 N–H and O–H groups in total. The molecule has 3 nitrogen and oxygen atoms in total. The Kier molecular flexibility index (Phi) is 6.26. The molecule has 3 heteroatoms. The van der Waals surface area contributed by atoms with Crippen molar-refractivity contribution in [3.8, 4) is 0 Å². The summed E-state index contributed by atoms with van der Waals surface area (Å²) >= 11 is 0. The van der Waals surface area contributed by atoms with Crippen LogP contribution >= 0.6 is 0 Å². The SMILES string of the molecule is C1CCCCC1.O=C(OO)c1ccccc1. The van der Waals surface area contributed by atoms with Crippen LogP contribution in [0.5, 0.6) is 0 Å². The van der Waals surface area contributed by atoms with Gasteiger partial charge in [0.2, 0.25) is 0 Å². The quantitative estimate of drug-likeness (QED) is 0.582. The Hall–Kier alpha value is -1.35. The second-order valence-electron chi connectivity index (χ2n) is 3.87. The third kappa shape index (κ3) is 4.94. The fourth-order valence-electron chi connectivity index (χ4n) is 1.69. The Morgan fingerprint density at radius 1 is 0.938 bits per heavy atom. The third-order valence-corrected chi connectivity index (χ3v) is 2.59. The van der Waals surface area contributed by atoms with Gasteiger partial charge in [0.1, 0.15) is 0 Å². The second kappa shape index (κ2) is 7.88. The molecule has 88 valence electrons. The molecular formula is C13H18O3. The fourth-order valence-corrected chi connectivity index (χ4v) is 1.69. The summed E-state index contributed by atoms with van der Waals surface area (Å²) < 4.78 is 0. The van der Waals surface area contributed by atoms with Crippen molar-refractivity contribution in [3.05, 3.63) is 35.9 Å². The number of carbonyl (C=O) groups excluding carboxylic acids is 1. The van der Waals surface area contributed by atoms with Crippen LogP contribution in [-0.4, -0.2) is 11.2 Å². The maximum absolute atomic E-state index is 10.5. The molecule has 2 rings (SSSR count). The molecule has 1 aromatic carbocycles. The first-order chi connectivity index (χ1) is 7.84. The molecule has 0 heterocycles. The van der Waals surface area contributed by atoms with E-state index in [2.05, 4.69) is 4.89 Å². The van der Waals surface area contributed by atoms with Gasteiger partial charge < -0.3 is 0 Å². The van der Waals surface area contributed by atoms with E-state index in [4.69, 9.17) is 5.26 Å². The molecule has 1 aromatic rings. The summed E-state index contributed by atoms with van der Waals surface area (Å²) in [5, 5.41) is 7.94. The molecule has 1 fully saturated rings. The number of carbonyl (C=O) groups is 1. The molecule has 1 aliphatic rings. The Morgan fingerprint density at radius 2 is 1.38 bits per heavy atom. The van der Waals surface area contributed by atoms with Gasteiger partial charge in [-0.25, -0.2) is 4.79 Å². The summed E-state index contributed by atoms with van der Waals surface area (Å²) in [5.74, 6) is -0.736. The minimum Gasteiger partial charge on any atom is -0.296 e. The zero-order chi connectivity index (χ0) is 11.6. The molecule has 0 bridgehead atoms. The Balaban J connectivity index is 0.000000181. The smallest absolute Gasteiger partial charge is 0.296 e. The van der Waals surface area contributed by atoms with Crippen molar-refractivity contribution in [2.45, 2.75) is 38.5 Å². The standard InChI is InChI=1S/C7H6O3.C6H12/c8-7(10-9)6-4-2-1-3-5-6;1-2-4-6-5-3-1/h1-5,9H;1-6H2. The summed E-state index contributed by atoms with van der Waals surface area (Å²) in [6.07, 6.45) is 9.00. The van der Waals surface area contributed by atoms with Gasteiger partial charge >= 0.3 is 5.97 Å². The van der Waals surface area contributed by atoms with Crippen LogP contribution in [0.25, 0.3) is 0 Å². The fraction of sp³-hybridized carbons (Fsp3) is 0.462. The molecule has 0 atom stereocenters. The van der Waals surface area contributed by atoms with E-state index in [1.807, 2.05) is 0 Å². The van der Waals surface area contributed by atoms with Gasteiger partial charge in [-0.1, -0.05) is 56.7 Å². The predicted octanol–water partition coefficient (Wildman–Crippen LogP) is 3.66. The van der Waals surface area contributed by atoms with Gasteiger partial charge in [-0.2, -0.15) is 5.26 Å². The normalized spacial score (nSPS) is 14.6. The lowest BCUT2D eigenvalue weighted by Crippen LogP contribution is -2.00. The molecule has 0 unspecified atom stereocenters. The second-order valence-corrected chi connectivity index (χ2v) is 3.87. The van der Waals surface area contributed by atoms with Crippen LogP contribution < -0.4 is 0 Å². The lowest BCUT2D eigenvalue weighted by Gasteiger charge is -2.05. The highest BCUT2D eigenvalue weighted by Gasteiger charge is 2.02. The zero-order valence-electron chi connectivity index (χ0n) is 9.39. The first-order valence-electron chi connectivity index (χ1n) is 5.75. The van der Waals surface area contributed by atoms with Crippen molar-refractivity contribution in [1.82, 2.24) is 0 Å². The lowest BCUT2D eigenvalue weighted by molar-refractivity contribution is -0.182. The highest BCUT2D eigenvalue weighted by atomic mass is 17.1. The van der Waals surface area contributed by atoms with E-state index in [0.717, 1.165) is 0 Å². The van der Waals surface area contributed by atoms with Crippen LogP contribution in [0, 0.1) is 0 Å². The monoisotopic (exact) mass is 222 g/mol. The van der Waals surface area contributed by atoms with Crippen molar-refractivity contribution in [3.63, 3.8) is 0 Å². The van der Waals surface area contributed by atoms with Crippen LogP contribution in [0.2, 0.25) is 0 Å². The number of benzene rings is 1. The third-order valence-electron chi connectivity index (χ3n) is 2.59. The molecule has 0 aliphatic heterocycles. The molecular weight excluding hydrogens is 204 g/mol. The van der Waals surface area contributed by atoms with E-state index in [1.54, 1.807) is 30.3 Å². The highest BCUT2D eigenvalue weighted by molar-refractivity contribution is 5.88. The summed E-state index contributed by atoms with van der Waals surface area (Å²) in [6, 6.07) is 8.25. The molecule has 1 saturated carbocycles. The first-order valence-corrected chi connectivity index (χ1v) is 5.75. The van der Waals surface area contributed by atoms with Gasteiger partial charge in [0.25, 0.3) is 0 Å². The number of rotatable bonds is 1. The van der Waals surface area contributed by atoms with E-state index < -0.39 is 5.97 Å². The van der Waals surface area contributed by atoms with Gasteiger partial charge in [0.05, 0.1) is 5.56 Å². The maximum Gasteiger partial charge on any atom is 0.372 e. The van der Waals surface area contributed by atoms with E-state index in [-0.39, 0.29) is 0 Å². The van der Waals surface area contributed by atoms with Gasteiger partial charge in [0.15, 0.2) is 0 Å². The molecule has 0 radical (unpaired) electrons.